The number of hydrogen-bond donors (Lipinski definition) is 1. The Morgan fingerprint density at radius 3 is 2.88 bits per heavy atom. The van der Waals surface area contributed by atoms with Crippen LogP contribution in [0.15, 0.2) is 0 Å². The molecule has 0 radical (unpaired) electrons. The van der Waals surface area contributed by atoms with Gasteiger partial charge in [-0.15, -0.1) is 0 Å². The van der Waals surface area contributed by atoms with Gasteiger partial charge in [0.2, 0.25) is 0 Å². The first-order chi connectivity index (χ1) is 8.31. The van der Waals surface area contributed by atoms with Gasteiger partial charge in [0.15, 0.2) is 0 Å². The lowest BCUT2D eigenvalue weighted by atomic mass is 10.1. The Kier molecular flexibility index (Phi) is 5.22. The van der Waals surface area contributed by atoms with Gasteiger partial charge in [-0.25, -0.2) is 0 Å². The molecule has 1 heterocycles. The Hall–Kier alpha value is -0.160. The number of morpholine rings is 1. The molecule has 0 bridgehead atoms. The second-order valence-electron chi connectivity index (χ2n) is 5.27. The Bertz CT molecular complexity index is 215. The van der Waals surface area contributed by atoms with Crippen molar-refractivity contribution in [2.75, 3.05) is 40.0 Å². The van der Waals surface area contributed by atoms with Gasteiger partial charge in [0.25, 0.3) is 0 Å². The van der Waals surface area contributed by atoms with E-state index in [1.807, 2.05) is 0 Å². The Morgan fingerprint density at radius 1 is 1.47 bits per heavy atom. The van der Waals surface area contributed by atoms with E-state index < -0.39 is 0 Å². The maximum atomic E-state index is 5.51. The number of methoxy groups -OCH3 is 1. The van der Waals surface area contributed by atoms with Gasteiger partial charge in [0.05, 0.1) is 19.8 Å². The third kappa shape index (κ3) is 4.21. The quantitative estimate of drug-likeness (QED) is 0.718. The minimum Gasteiger partial charge on any atom is -0.383 e. The van der Waals surface area contributed by atoms with E-state index in [0.29, 0.717) is 12.1 Å². The first-order valence-electron chi connectivity index (χ1n) is 6.87. The predicted molar refractivity (Wildman–Crippen MR) is 68.3 cm³/mol. The van der Waals surface area contributed by atoms with Crippen LogP contribution in [0.3, 0.4) is 0 Å². The van der Waals surface area contributed by atoms with E-state index in [4.69, 9.17) is 9.47 Å². The van der Waals surface area contributed by atoms with Crippen molar-refractivity contribution in [3.63, 3.8) is 0 Å². The monoisotopic (exact) mass is 242 g/mol. The summed E-state index contributed by atoms with van der Waals surface area (Å²) in [5.41, 5.74) is 0. The average molecular weight is 242 g/mol. The third-order valence-electron chi connectivity index (χ3n) is 3.76. The fourth-order valence-electron chi connectivity index (χ4n) is 2.68. The van der Waals surface area contributed by atoms with Gasteiger partial charge in [-0.05, 0) is 26.2 Å². The van der Waals surface area contributed by atoms with Gasteiger partial charge >= 0.3 is 0 Å². The van der Waals surface area contributed by atoms with Crippen molar-refractivity contribution in [2.24, 2.45) is 0 Å². The molecule has 2 rings (SSSR count). The van der Waals surface area contributed by atoms with E-state index in [0.717, 1.165) is 39.0 Å². The number of hydrogen-bond acceptors (Lipinski definition) is 4. The Morgan fingerprint density at radius 2 is 2.29 bits per heavy atom. The highest BCUT2D eigenvalue weighted by Gasteiger charge is 2.32. The molecule has 100 valence electrons. The van der Waals surface area contributed by atoms with Gasteiger partial charge in [0.1, 0.15) is 0 Å². The highest BCUT2D eigenvalue weighted by Crippen LogP contribution is 2.29. The zero-order valence-corrected chi connectivity index (χ0v) is 11.2. The molecule has 2 atom stereocenters. The van der Waals surface area contributed by atoms with Gasteiger partial charge in [-0.2, -0.15) is 0 Å². The molecule has 2 aliphatic rings. The molecular weight excluding hydrogens is 216 g/mol. The summed E-state index contributed by atoms with van der Waals surface area (Å²) in [6.45, 7) is 6.97. The van der Waals surface area contributed by atoms with Crippen LogP contribution in [-0.2, 0) is 9.47 Å². The van der Waals surface area contributed by atoms with E-state index in [1.54, 1.807) is 7.11 Å². The molecule has 1 aliphatic carbocycles. The van der Waals surface area contributed by atoms with Crippen LogP contribution < -0.4 is 5.32 Å². The fourth-order valence-corrected chi connectivity index (χ4v) is 2.68. The van der Waals surface area contributed by atoms with Crippen molar-refractivity contribution in [2.45, 2.75) is 44.3 Å². The predicted octanol–water partition coefficient (Wildman–Crippen LogP) is 0.864. The third-order valence-corrected chi connectivity index (χ3v) is 3.76. The summed E-state index contributed by atoms with van der Waals surface area (Å²) in [5.74, 6) is 0. The van der Waals surface area contributed by atoms with Gasteiger partial charge < -0.3 is 14.8 Å². The van der Waals surface area contributed by atoms with Crippen LogP contribution in [0, 0.1) is 0 Å². The van der Waals surface area contributed by atoms with Crippen LogP contribution in [0.5, 0.6) is 0 Å². The minimum atomic E-state index is 0.530. The van der Waals surface area contributed by atoms with Crippen molar-refractivity contribution < 1.29 is 9.47 Å². The molecule has 4 heteroatoms. The summed E-state index contributed by atoms with van der Waals surface area (Å²) >= 11 is 0. The molecule has 0 aromatic carbocycles. The standard InChI is InChI=1S/C13H26N2O2/c1-11(9-12-10-17-7-5-14-12)15(6-8-16-2)13-3-4-13/h11-14H,3-10H2,1-2H3. The summed E-state index contributed by atoms with van der Waals surface area (Å²) in [4.78, 5) is 2.61. The van der Waals surface area contributed by atoms with Crippen LogP contribution in [0.2, 0.25) is 0 Å². The summed E-state index contributed by atoms with van der Waals surface area (Å²) in [7, 11) is 1.78. The summed E-state index contributed by atoms with van der Waals surface area (Å²) in [6.07, 6.45) is 3.91. The van der Waals surface area contributed by atoms with Crippen molar-refractivity contribution >= 4 is 0 Å². The highest BCUT2D eigenvalue weighted by atomic mass is 16.5. The molecule has 4 nitrogen and oxygen atoms in total. The Balaban J connectivity index is 1.76. The van der Waals surface area contributed by atoms with Crippen LogP contribution in [0.1, 0.15) is 26.2 Å². The zero-order chi connectivity index (χ0) is 12.1. The van der Waals surface area contributed by atoms with Crippen molar-refractivity contribution in [1.29, 1.82) is 0 Å². The number of nitrogens with one attached hydrogen (secondary N) is 1. The molecule has 0 spiro atoms. The van der Waals surface area contributed by atoms with E-state index >= 15 is 0 Å². The SMILES string of the molecule is COCCN(C(C)CC1COCCN1)C1CC1. The van der Waals surface area contributed by atoms with E-state index in [2.05, 4.69) is 17.1 Å². The molecule has 2 fully saturated rings. The number of rotatable bonds is 7. The van der Waals surface area contributed by atoms with E-state index in [1.165, 1.54) is 19.3 Å². The molecular formula is C13H26N2O2. The van der Waals surface area contributed by atoms with E-state index in [-0.39, 0.29) is 0 Å². The van der Waals surface area contributed by atoms with Gasteiger partial charge in [-0.3, -0.25) is 4.90 Å². The molecule has 1 saturated heterocycles. The number of ether oxygens (including phenoxy) is 2. The van der Waals surface area contributed by atoms with Crippen LogP contribution in [0.25, 0.3) is 0 Å². The van der Waals surface area contributed by atoms with Crippen LogP contribution >= 0.6 is 0 Å². The minimum absolute atomic E-state index is 0.530. The molecule has 0 amide bonds. The molecule has 1 saturated carbocycles. The first kappa shape index (κ1) is 13.3. The van der Waals surface area contributed by atoms with Gasteiger partial charge in [0, 0.05) is 38.3 Å². The van der Waals surface area contributed by atoms with Crippen molar-refractivity contribution in [3.05, 3.63) is 0 Å². The second kappa shape index (κ2) is 6.69. The lowest BCUT2D eigenvalue weighted by molar-refractivity contribution is 0.0556. The summed E-state index contributed by atoms with van der Waals surface area (Å²) in [5, 5.41) is 3.54. The Labute approximate surface area is 105 Å². The van der Waals surface area contributed by atoms with Crippen molar-refractivity contribution in [1.82, 2.24) is 10.2 Å². The lowest BCUT2D eigenvalue weighted by Crippen LogP contribution is -2.47. The molecule has 0 aromatic rings. The lowest BCUT2D eigenvalue weighted by Gasteiger charge is -2.33. The van der Waals surface area contributed by atoms with Crippen LogP contribution in [-0.4, -0.2) is 63.0 Å². The summed E-state index contributed by atoms with van der Waals surface area (Å²) in [6, 6.07) is 1.96. The number of nitrogens with zero attached hydrogens (tertiary/aromatic N) is 1. The highest BCUT2D eigenvalue weighted by molar-refractivity contribution is 4.89. The first-order valence-corrected chi connectivity index (χ1v) is 6.87. The van der Waals surface area contributed by atoms with E-state index in [9.17, 15) is 0 Å². The maximum Gasteiger partial charge on any atom is 0.0620 e. The second-order valence-corrected chi connectivity index (χ2v) is 5.27. The summed E-state index contributed by atoms with van der Waals surface area (Å²) < 4.78 is 10.7. The maximum absolute atomic E-state index is 5.51. The molecule has 1 aliphatic heterocycles. The molecule has 2 unspecified atom stereocenters. The molecule has 1 N–H and O–H groups in total. The van der Waals surface area contributed by atoms with Gasteiger partial charge in [-0.1, -0.05) is 0 Å². The fraction of sp³-hybridized carbons (Fsp3) is 1.00. The topological polar surface area (TPSA) is 33.7 Å². The smallest absolute Gasteiger partial charge is 0.0620 e. The largest absolute Gasteiger partial charge is 0.383 e. The molecule has 17 heavy (non-hydrogen) atoms. The van der Waals surface area contributed by atoms with Crippen molar-refractivity contribution in [3.8, 4) is 0 Å². The van der Waals surface area contributed by atoms with Crippen LogP contribution in [0.4, 0.5) is 0 Å². The molecule has 0 aromatic heterocycles. The average Bonchev–Trinajstić information content (AvgIpc) is 3.15. The normalized spacial score (nSPS) is 27.4. The zero-order valence-electron chi connectivity index (χ0n) is 11.2.